The summed E-state index contributed by atoms with van der Waals surface area (Å²) in [5, 5.41) is 11.4. The minimum atomic E-state index is -0.706. The van der Waals surface area contributed by atoms with Gasteiger partial charge >= 0.3 is 0 Å². The van der Waals surface area contributed by atoms with E-state index in [1.807, 2.05) is 62.3 Å². The van der Waals surface area contributed by atoms with Crippen LogP contribution in [-0.2, 0) is 16.0 Å². The lowest BCUT2D eigenvalue weighted by atomic mass is 9.94. The molecule has 192 valence electrons. The van der Waals surface area contributed by atoms with Crippen molar-refractivity contribution in [3.63, 3.8) is 0 Å². The van der Waals surface area contributed by atoms with E-state index in [9.17, 15) is 14.7 Å². The van der Waals surface area contributed by atoms with Crippen LogP contribution in [0.3, 0.4) is 0 Å². The van der Waals surface area contributed by atoms with Crippen molar-refractivity contribution < 1.29 is 24.2 Å². The Labute approximate surface area is 213 Å². The Morgan fingerprint density at radius 3 is 2.69 bits per heavy atom. The highest BCUT2D eigenvalue weighted by Crippen LogP contribution is 2.41. The highest BCUT2D eigenvalue weighted by molar-refractivity contribution is 6.46. The van der Waals surface area contributed by atoms with E-state index < -0.39 is 17.7 Å². The van der Waals surface area contributed by atoms with Crippen LogP contribution in [0, 0.1) is 5.92 Å². The number of rotatable bonds is 9. The summed E-state index contributed by atoms with van der Waals surface area (Å²) in [6, 6.07) is 12.2. The number of ether oxygens (including phenoxy) is 2. The number of ketones is 1. The standard InChI is InChI=1S/C29H36N2O5/c1-18(2)11-14-35-23-8-6-7-20(17-23)26-25(28(33)29(34)31(26)13-12-30(4)5)27(32)21-9-10-24-22(16-21)15-19(3)36-24/h6-10,16-19,26,32H,11-15H2,1-5H3/t19-,26-/m1/s1. The number of aliphatic hydroxyl groups excluding tert-OH is 1. The molecule has 0 bridgehead atoms. The van der Waals surface area contributed by atoms with Crippen LogP contribution >= 0.6 is 0 Å². The first-order valence-corrected chi connectivity index (χ1v) is 12.6. The summed E-state index contributed by atoms with van der Waals surface area (Å²) in [4.78, 5) is 30.0. The lowest BCUT2D eigenvalue weighted by Crippen LogP contribution is -2.35. The topological polar surface area (TPSA) is 79.3 Å². The van der Waals surface area contributed by atoms with Crippen LogP contribution < -0.4 is 9.47 Å². The van der Waals surface area contributed by atoms with Gasteiger partial charge in [0.25, 0.3) is 11.7 Å². The van der Waals surface area contributed by atoms with E-state index in [1.165, 1.54) is 0 Å². The third kappa shape index (κ3) is 5.41. The smallest absolute Gasteiger partial charge is 0.295 e. The van der Waals surface area contributed by atoms with Crippen molar-refractivity contribution in [3.05, 3.63) is 64.7 Å². The molecule has 0 unspecified atom stereocenters. The molecular formula is C29H36N2O5. The Morgan fingerprint density at radius 1 is 1.19 bits per heavy atom. The first-order chi connectivity index (χ1) is 17.2. The summed E-state index contributed by atoms with van der Waals surface area (Å²) in [5.41, 5.74) is 2.32. The molecule has 1 amide bonds. The number of carbonyl (C=O) groups is 2. The normalized spacial score (nSPS) is 20.8. The van der Waals surface area contributed by atoms with Gasteiger partial charge in [0.2, 0.25) is 0 Å². The maximum atomic E-state index is 13.3. The number of carbonyl (C=O) groups excluding carboxylic acids is 2. The molecule has 0 spiro atoms. The fourth-order valence-corrected chi connectivity index (χ4v) is 4.68. The van der Waals surface area contributed by atoms with Gasteiger partial charge in [0.1, 0.15) is 23.4 Å². The van der Waals surface area contributed by atoms with E-state index in [2.05, 4.69) is 13.8 Å². The zero-order chi connectivity index (χ0) is 26.0. The number of amides is 1. The van der Waals surface area contributed by atoms with Crippen LogP contribution in [0.1, 0.15) is 49.9 Å². The quantitative estimate of drug-likeness (QED) is 0.317. The molecule has 4 rings (SSSR count). The number of nitrogens with zero attached hydrogens (tertiary/aromatic N) is 2. The van der Waals surface area contributed by atoms with Crippen LogP contribution in [0.4, 0.5) is 0 Å². The van der Waals surface area contributed by atoms with Crippen molar-refractivity contribution in [2.75, 3.05) is 33.8 Å². The van der Waals surface area contributed by atoms with Gasteiger partial charge < -0.3 is 24.4 Å². The fourth-order valence-electron chi connectivity index (χ4n) is 4.68. The van der Waals surface area contributed by atoms with E-state index in [1.54, 1.807) is 11.0 Å². The number of hydrogen-bond acceptors (Lipinski definition) is 6. The van der Waals surface area contributed by atoms with Gasteiger partial charge in [0.15, 0.2) is 0 Å². The average molecular weight is 493 g/mol. The van der Waals surface area contributed by atoms with Gasteiger partial charge in [0.05, 0.1) is 18.2 Å². The summed E-state index contributed by atoms with van der Waals surface area (Å²) in [7, 11) is 3.84. The van der Waals surface area contributed by atoms with Crippen molar-refractivity contribution in [2.24, 2.45) is 5.92 Å². The largest absolute Gasteiger partial charge is 0.507 e. The van der Waals surface area contributed by atoms with Gasteiger partial charge in [-0.3, -0.25) is 9.59 Å². The number of likely N-dealkylation sites (N-methyl/N-ethyl adjacent to an activating group) is 1. The highest BCUT2D eigenvalue weighted by Gasteiger charge is 2.46. The molecule has 2 aliphatic rings. The SMILES string of the molecule is CC(C)CCOc1cccc([C@@H]2C(=C(O)c3ccc4c(c3)C[C@@H](C)O4)C(=O)C(=O)N2CCN(C)C)c1. The second-order valence-electron chi connectivity index (χ2n) is 10.4. The lowest BCUT2D eigenvalue weighted by molar-refractivity contribution is -0.140. The third-order valence-corrected chi connectivity index (χ3v) is 6.64. The molecule has 36 heavy (non-hydrogen) atoms. The zero-order valence-corrected chi connectivity index (χ0v) is 21.8. The summed E-state index contributed by atoms with van der Waals surface area (Å²) in [6.07, 6.45) is 1.71. The Morgan fingerprint density at radius 2 is 1.97 bits per heavy atom. The maximum absolute atomic E-state index is 13.3. The number of hydrogen-bond donors (Lipinski definition) is 1. The van der Waals surface area contributed by atoms with Gasteiger partial charge in [-0.25, -0.2) is 0 Å². The third-order valence-electron chi connectivity index (χ3n) is 6.64. The minimum Gasteiger partial charge on any atom is -0.507 e. The molecular weight excluding hydrogens is 456 g/mol. The fraction of sp³-hybridized carbons (Fsp3) is 0.448. The summed E-state index contributed by atoms with van der Waals surface area (Å²) in [5.74, 6) is 0.537. The number of aliphatic hydroxyl groups is 1. The van der Waals surface area contributed by atoms with Crippen molar-refractivity contribution in [1.82, 2.24) is 9.80 Å². The number of fused-ring (bicyclic) bond motifs is 1. The van der Waals surface area contributed by atoms with Gasteiger partial charge in [-0.15, -0.1) is 0 Å². The van der Waals surface area contributed by atoms with Crippen LogP contribution in [-0.4, -0.2) is 66.5 Å². The molecule has 2 aliphatic heterocycles. The summed E-state index contributed by atoms with van der Waals surface area (Å²) >= 11 is 0. The van der Waals surface area contributed by atoms with E-state index in [0.717, 1.165) is 29.7 Å². The summed E-state index contributed by atoms with van der Waals surface area (Å²) < 4.78 is 11.7. The van der Waals surface area contributed by atoms with Gasteiger partial charge in [-0.1, -0.05) is 26.0 Å². The minimum absolute atomic E-state index is 0.0624. The Hall–Kier alpha value is -3.32. The molecule has 2 atom stereocenters. The molecule has 1 fully saturated rings. The Balaban J connectivity index is 1.75. The van der Waals surface area contributed by atoms with Crippen LogP contribution in [0.25, 0.3) is 5.76 Å². The molecule has 0 radical (unpaired) electrons. The predicted octanol–water partition coefficient (Wildman–Crippen LogP) is 4.42. The molecule has 1 saturated heterocycles. The Bertz CT molecular complexity index is 1170. The van der Waals surface area contributed by atoms with Gasteiger partial charge in [0, 0.05) is 25.1 Å². The van der Waals surface area contributed by atoms with E-state index in [4.69, 9.17) is 9.47 Å². The van der Waals surface area contributed by atoms with Gasteiger partial charge in [-0.2, -0.15) is 0 Å². The zero-order valence-electron chi connectivity index (χ0n) is 21.8. The second kappa shape index (κ2) is 10.7. The second-order valence-corrected chi connectivity index (χ2v) is 10.4. The van der Waals surface area contributed by atoms with Crippen molar-refractivity contribution >= 4 is 17.4 Å². The van der Waals surface area contributed by atoms with Gasteiger partial charge in [-0.05, 0) is 74.8 Å². The molecule has 2 heterocycles. The van der Waals surface area contributed by atoms with Crippen LogP contribution in [0.15, 0.2) is 48.0 Å². The first-order valence-electron chi connectivity index (χ1n) is 12.6. The van der Waals surface area contributed by atoms with Crippen molar-refractivity contribution in [1.29, 1.82) is 0 Å². The molecule has 0 aromatic heterocycles. The van der Waals surface area contributed by atoms with E-state index >= 15 is 0 Å². The molecule has 0 aliphatic carbocycles. The van der Waals surface area contributed by atoms with Crippen LogP contribution in [0.5, 0.6) is 11.5 Å². The number of benzene rings is 2. The van der Waals surface area contributed by atoms with E-state index in [-0.39, 0.29) is 17.4 Å². The maximum Gasteiger partial charge on any atom is 0.295 e. The predicted molar refractivity (Wildman–Crippen MR) is 139 cm³/mol. The Kier molecular flexibility index (Phi) is 7.69. The molecule has 1 N–H and O–H groups in total. The molecule has 2 aromatic carbocycles. The average Bonchev–Trinajstić information content (AvgIpc) is 3.32. The van der Waals surface area contributed by atoms with Crippen molar-refractivity contribution in [3.8, 4) is 11.5 Å². The molecule has 0 saturated carbocycles. The van der Waals surface area contributed by atoms with Crippen LogP contribution in [0.2, 0.25) is 0 Å². The number of Topliss-reactive ketones (excluding diaryl/α,β-unsaturated/α-hetero) is 1. The highest BCUT2D eigenvalue weighted by atomic mass is 16.5. The first kappa shape index (κ1) is 25.8. The monoisotopic (exact) mass is 492 g/mol. The molecule has 2 aromatic rings. The lowest BCUT2D eigenvalue weighted by Gasteiger charge is -2.27. The molecule has 7 nitrogen and oxygen atoms in total. The number of likely N-dealkylation sites (tertiary alicyclic amines) is 1. The summed E-state index contributed by atoms with van der Waals surface area (Å²) in [6.45, 7) is 7.80. The van der Waals surface area contributed by atoms with Crippen molar-refractivity contribution in [2.45, 2.75) is 45.8 Å². The van der Waals surface area contributed by atoms with E-state index in [0.29, 0.717) is 36.9 Å². The molecule has 7 heteroatoms.